The molecule has 1 aliphatic heterocycles. The van der Waals surface area contributed by atoms with E-state index in [0.717, 1.165) is 4.90 Å². The summed E-state index contributed by atoms with van der Waals surface area (Å²) in [5, 5.41) is 12.4. The molecule has 0 bridgehead atoms. The summed E-state index contributed by atoms with van der Waals surface area (Å²) >= 11 is 1.56. The van der Waals surface area contributed by atoms with Crippen molar-refractivity contribution in [2.45, 2.75) is 56.7 Å². The second-order valence-electron chi connectivity index (χ2n) is 10.8. The van der Waals surface area contributed by atoms with Gasteiger partial charge in [0.15, 0.2) is 5.82 Å². The molecule has 0 spiro atoms. The number of amides is 2. The number of hydrogen-bond donors (Lipinski definition) is 2. The molecule has 2 aliphatic rings. The van der Waals surface area contributed by atoms with Gasteiger partial charge in [-0.25, -0.2) is 18.6 Å². The van der Waals surface area contributed by atoms with Crippen LogP contribution >= 0.6 is 11.8 Å². The second kappa shape index (κ2) is 14.4. The molecular weight excluding hydrogens is 596 g/mol. The van der Waals surface area contributed by atoms with Gasteiger partial charge >= 0.3 is 6.09 Å². The lowest BCUT2D eigenvalue weighted by Gasteiger charge is -2.32. The Hall–Kier alpha value is -3.72. The summed E-state index contributed by atoms with van der Waals surface area (Å²) in [6, 6.07) is 7.61. The number of fused-ring (bicyclic) bond motifs is 1. The Kier molecular flexibility index (Phi) is 10.4. The number of carboxylic acid groups (broad SMARTS) is 1. The predicted octanol–water partition coefficient (Wildman–Crippen LogP) is 4.13. The Bertz CT molecular complexity index is 1450. The van der Waals surface area contributed by atoms with Crippen molar-refractivity contribution in [3.8, 4) is 11.7 Å². The van der Waals surface area contributed by atoms with Crippen LogP contribution in [0.15, 0.2) is 30.3 Å². The first kappa shape index (κ1) is 31.7. The highest BCUT2D eigenvalue weighted by atomic mass is 32.2. The number of alkyl halides is 2. The molecule has 2 fully saturated rings. The molecule has 1 saturated carbocycles. The van der Waals surface area contributed by atoms with E-state index < -0.39 is 24.4 Å². The lowest BCUT2D eigenvalue weighted by atomic mass is 9.92. The third-order valence-electron chi connectivity index (χ3n) is 7.96. The molecule has 1 aliphatic carbocycles. The summed E-state index contributed by atoms with van der Waals surface area (Å²) in [4.78, 5) is 41.0. The van der Waals surface area contributed by atoms with Crippen LogP contribution in [0.25, 0.3) is 16.9 Å². The second-order valence-corrected chi connectivity index (χ2v) is 11.8. The first-order valence-corrected chi connectivity index (χ1v) is 16.0. The van der Waals surface area contributed by atoms with E-state index in [1.165, 1.54) is 11.6 Å². The largest absolute Gasteiger partial charge is 0.474 e. The zero-order valence-electron chi connectivity index (χ0n) is 24.7. The molecule has 0 unspecified atom stereocenters. The van der Waals surface area contributed by atoms with Gasteiger partial charge < -0.3 is 24.8 Å². The van der Waals surface area contributed by atoms with Crippen LogP contribution in [-0.4, -0.2) is 105 Å². The van der Waals surface area contributed by atoms with Crippen molar-refractivity contribution in [2.75, 3.05) is 50.3 Å². The summed E-state index contributed by atoms with van der Waals surface area (Å²) in [5.41, 5.74) is 0.934. The van der Waals surface area contributed by atoms with Crippen LogP contribution in [0.1, 0.15) is 44.4 Å². The van der Waals surface area contributed by atoms with Gasteiger partial charge in [-0.05, 0) is 56.2 Å². The van der Waals surface area contributed by atoms with Gasteiger partial charge in [-0.15, -0.1) is 0 Å². The maximum atomic E-state index is 14.2. The topological polar surface area (TPSA) is 135 Å². The molecule has 1 saturated heterocycles. The maximum Gasteiger partial charge on any atom is 0.407 e. The minimum absolute atomic E-state index is 0.114. The lowest BCUT2D eigenvalue weighted by molar-refractivity contribution is -0.126. The fourth-order valence-electron chi connectivity index (χ4n) is 5.57. The Morgan fingerprint density at radius 2 is 1.89 bits per heavy atom. The third-order valence-corrected chi connectivity index (χ3v) is 8.60. The zero-order valence-corrected chi connectivity index (χ0v) is 25.5. The summed E-state index contributed by atoms with van der Waals surface area (Å²) < 4.78 is 41.5. The molecule has 3 aromatic rings. The van der Waals surface area contributed by atoms with E-state index >= 15 is 0 Å². The molecule has 2 aromatic heterocycles. The number of aromatic nitrogens is 4. The molecule has 238 valence electrons. The normalized spacial score (nSPS) is 19.6. The first-order valence-electron chi connectivity index (χ1n) is 14.6. The van der Waals surface area contributed by atoms with Crippen LogP contribution in [0.2, 0.25) is 0 Å². The van der Waals surface area contributed by atoms with Gasteiger partial charge in [-0.1, -0.05) is 12.1 Å². The van der Waals surface area contributed by atoms with E-state index in [1.54, 1.807) is 42.1 Å². The number of rotatable bonds is 11. The number of para-hydroxylation sites is 2. The third kappa shape index (κ3) is 7.32. The van der Waals surface area contributed by atoms with E-state index in [1.807, 2.05) is 11.2 Å². The molecule has 2 N–H and O–H groups in total. The number of ether oxygens (including phenoxy) is 2. The number of benzene rings is 1. The van der Waals surface area contributed by atoms with Gasteiger partial charge in [-0.3, -0.25) is 14.3 Å². The Labute approximate surface area is 258 Å². The smallest absolute Gasteiger partial charge is 0.407 e. The van der Waals surface area contributed by atoms with Gasteiger partial charge in [0.2, 0.25) is 17.7 Å². The van der Waals surface area contributed by atoms with Crippen LogP contribution in [0.3, 0.4) is 0 Å². The SMILES string of the molecule is CSCC[C@@H](C(=O)NC1CCC(Oc2cc(-n3c(C(F)F)nc4ccccc43)nc(N3CCOCC3)n2)CC1)N(C)C(=O)O. The van der Waals surface area contributed by atoms with Gasteiger partial charge in [0.25, 0.3) is 6.43 Å². The summed E-state index contributed by atoms with van der Waals surface area (Å²) in [5.74, 6) is 0.814. The first-order chi connectivity index (χ1) is 21.2. The highest BCUT2D eigenvalue weighted by molar-refractivity contribution is 7.98. The number of thioether (sulfide) groups is 1. The number of hydrogen-bond acceptors (Lipinski definition) is 9. The monoisotopic (exact) mass is 633 g/mol. The van der Waals surface area contributed by atoms with Crippen molar-refractivity contribution in [1.82, 2.24) is 29.7 Å². The number of anilines is 1. The van der Waals surface area contributed by atoms with Crippen LogP contribution < -0.4 is 15.0 Å². The summed E-state index contributed by atoms with van der Waals surface area (Å²) in [6.07, 6.45) is 0.674. The number of carbonyl (C=O) groups is 2. The predicted molar refractivity (Wildman–Crippen MR) is 162 cm³/mol. The van der Waals surface area contributed by atoms with Crippen LogP contribution in [-0.2, 0) is 9.53 Å². The minimum Gasteiger partial charge on any atom is -0.474 e. The number of nitrogens with zero attached hydrogens (tertiary/aromatic N) is 6. The highest BCUT2D eigenvalue weighted by Crippen LogP contribution is 2.31. The summed E-state index contributed by atoms with van der Waals surface area (Å²) in [7, 11) is 1.41. The quantitative estimate of drug-likeness (QED) is 0.317. The van der Waals surface area contributed by atoms with Gasteiger partial charge in [-0.2, -0.15) is 21.7 Å². The van der Waals surface area contributed by atoms with Crippen molar-refractivity contribution >= 4 is 40.7 Å². The Morgan fingerprint density at radius 3 is 2.57 bits per heavy atom. The number of morpholine rings is 1. The standard InChI is InChI=1S/C29H37F2N7O5S/c1-36(29(40)41)22(11-16-44-2)27(39)32-18-7-9-19(10-8-18)43-24-17-23(34-28(35-24)37-12-14-42-15-13-37)38-21-6-4-3-5-20(21)33-26(38)25(30)31/h3-6,17-19,22,25H,7-16H2,1-2H3,(H,32,39)(H,40,41)/t18?,19?,22-/m0/s1. The van der Waals surface area contributed by atoms with Crippen molar-refractivity contribution in [3.05, 3.63) is 36.2 Å². The fourth-order valence-corrected chi connectivity index (χ4v) is 6.03. The van der Waals surface area contributed by atoms with Crippen molar-refractivity contribution in [3.63, 3.8) is 0 Å². The van der Waals surface area contributed by atoms with E-state index in [0.29, 0.717) is 81.1 Å². The van der Waals surface area contributed by atoms with Gasteiger partial charge in [0.1, 0.15) is 18.0 Å². The van der Waals surface area contributed by atoms with Crippen LogP contribution in [0, 0.1) is 0 Å². The Morgan fingerprint density at radius 1 is 1.16 bits per heavy atom. The lowest BCUT2D eigenvalue weighted by Crippen LogP contribution is -2.51. The average Bonchev–Trinajstić information content (AvgIpc) is 3.43. The van der Waals surface area contributed by atoms with Crippen molar-refractivity contribution < 1.29 is 33.0 Å². The van der Waals surface area contributed by atoms with Crippen LogP contribution in [0.4, 0.5) is 19.5 Å². The maximum absolute atomic E-state index is 14.2. The van der Waals surface area contributed by atoms with E-state index in [-0.39, 0.29) is 29.8 Å². The van der Waals surface area contributed by atoms with Crippen molar-refractivity contribution in [2.24, 2.45) is 0 Å². The molecule has 5 rings (SSSR count). The molecule has 44 heavy (non-hydrogen) atoms. The molecule has 3 heterocycles. The number of carbonyl (C=O) groups excluding carboxylic acids is 1. The zero-order chi connectivity index (χ0) is 31.2. The number of halogens is 2. The molecule has 1 aromatic carbocycles. The fraction of sp³-hybridized carbons (Fsp3) is 0.552. The van der Waals surface area contributed by atoms with Crippen LogP contribution in [0.5, 0.6) is 5.88 Å². The molecule has 1 atom stereocenters. The molecule has 12 nitrogen and oxygen atoms in total. The van der Waals surface area contributed by atoms with E-state index in [4.69, 9.17) is 9.47 Å². The number of imidazole rings is 1. The molecule has 0 radical (unpaired) electrons. The summed E-state index contributed by atoms with van der Waals surface area (Å²) in [6.45, 7) is 2.09. The van der Waals surface area contributed by atoms with Gasteiger partial charge in [0.05, 0.1) is 24.2 Å². The van der Waals surface area contributed by atoms with Crippen molar-refractivity contribution in [1.29, 1.82) is 0 Å². The molecule has 2 amide bonds. The molecular formula is C29H37F2N7O5S. The minimum atomic E-state index is -2.82. The number of nitrogens with one attached hydrogen (secondary N) is 1. The van der Waals surface area contributed by atoms with E-state index in [9.17, 15) is 23.5 Å². The average molecular weight is 634 g/mol. The Balaban J connectivity index is 1.33. The van der Waals surface area contributed by atoms with E-state index in [2.05, 4.69) is 20.3 Å². The van der Waals surface area contributed by atoms with Gasteiger partial charge in [0, 0.05) is 32.2 Å². The molecule has 15 heteroatoms. The number of likely N-dealkylation sites (N-methyl/N-ethyl adjacent to an activating group) is 1. The highest BCUT2D eigenvalue weighted by Gasteiger charge is 2.31.